The first-order valence-corrected chi connectivity index (χ1v) is 5.37. The number of rotatable bonds is 2. The first-order valence-electron chi connectivity index (χ1n) is 5.37. The predicted octanol–water partition coefficient (Wildman–Crippen LogP) is 2.93. The molecule has 0 heterocycles. The van der Waals surface area contributed by atoms with E-state index in [-0.39, 0.29) is 12.1 Å². The van der Waals surface area contributed by atoms with Gasteiger partial charge in [-0.3, -0.25) is 0 Å². The van der Waals surface area contributed by atoms with Crippen molar-refractivity contribution in [2.75, 3.05) is 0 Å². The van der Waals surface area contributed by atoms with Gasteiger partial charge in [-0.05, 0) is 38.0 Å². The Hall–Kier alpha value is -0.790. The number of ether oxygens (including phenoxy) is 1. The van der Waals surface area contributed by atoms with Gasteiger partial charge in [0.25, 0.3) is 0 Å². The fourth-order valence-corrected chi connectivity index (χ4v) is 1.86. The SMILES string of the molecule is C=C(C)C(=O)OC1CCC(C)C(C)C1. The van der Waals surface area contributed by atoms with Crippen LogP contribution in [0.5, 0.6) is 0 Å². The minimum absolute atomic E-state index is 0.116. The minimum Gasteiger partial charge on any atom is -0.459 e. The number of hydrogen-bond acceptors (Lipinski definition) is 2. The van der Waals surface area contributed by atoms with Crippen molar-refractivity contribution in [3.05, 3.63) is 12.2 Å². The molecule has 0 aliphatic heterocycles. The third kappa shape index (κ3) is 2.86. The lowest BCUT2D eigenvalue weighted by molar-refractivity contribution is -0.146. The first kappa shape index (κ1) is 11.3. The summed E-state index contributed by atoms with van der Waals surface area (Å²) in [7, 11) is 0. The largest absolute Gasteiger partial charge is 0.459 e. The van der Waals surface area contributed by atoms with E-state index in [9.17, 15) is 4.79 Å². The summed E-state index contributed by atoms with van der Waals surface area (Å²) < 4.78 is 5.33. The molecule has 1 aliphatic rings. The Balaban J connectivity index is 2.40. The molecule has 0 N–H and O–H groups in total. The van der Waals surface area contributed by atoms with Crippen LogP contribution in [0.1, 0.15) is 40.0 Å². The molecule has 0 spiro atoms. The molecule has 0 saturated heterocycles. The van der Waals surface area contributed by atoms with E-state index in [0.29, 0.717) is 11.5 Å². The third-order valence-corrected chi connectivity index (χ3v) is 3.17. The van der Waals surface area contributed by atoms with Gasteiger partial charge < -0.3 is 4.74 Å². The second-order valence-electron chi connectivity index (χ2n) is 4.58. The highest BCUT2D eigenvalue weighted by atomic mass is 16.5. The molecule has 14 heavy (non-hydrogen) atoms. The standard InChI is InChI=1S/C12H20O2/c1-8(2)12(13)14-11-6-5-9(3)10(4)7-11/h9-11H,1,5-7H2,2-4H3. The van der Waals surface area contributed by atoms with Crippen LogP contribution in [-0.4, -0.2) is 12.1 Å². The number of hydrogen-bond donors (Lipinski definition) is 0. The molecule has 80 valence electrons. The van der Waals surface area contributed by atoms with Gasteiger partial charge in [0.1, 0.15) is 6.10 Å². The zero-order chi connectivity index (χ0) is 10.7. The van der Waals surface area contributed by atoms with E-state index in [2.05, 4.69) is 20.4 Å². The van der Waals surface area contributed by atoms with Crippen LogP contribution in [0.15, 0.2) is 12.2 Å². The molecule has 1 rings (SSSR count). The van der Waals surface area contributed by atoms with Crippen LogP contribution in [0.4, 0.5) is 0 Å². The molecule has 3 unspecified atom stereocenters. The van der Waals surface area contributed by atoms with Gasteiger partial charge in [0.2, 0.25) is 0 Å². The molecule has 0 aromatic carbocycles. The maximum atomic E-state index is 11.3. The second kappa shape index (κ2) is 4.63. The zero-order valence-corrected chi connectivity index (χ0v) is 9.38. The highest BCUT2D eigenvalue weighted by molar-refractivity contribution is 5.87. The van der Waals surface area contributed by atoms with Crippen LogP contribution in [0, 0.1) is 11.8 Å². The highest BCUT2D eigenvalue weighted by Gasteiger charge is 2.26. The smallest absolute Gasteiger partial charge is 0.333 e. The van der Waals surface area contributed by atoms with Crippen molar-refractivity contribution in [3.63, 3.8) is 0 Å². The summed E-state index contributed by atoms with van der Waals surface area (Å²) in [5.41, 5.74) is 0.497. The molecule has 2 heteroatoms. The molecule has 0 aromatic rings. The molecule has 1 fully saturated rings. The second-order valence-corrected chi connectivity index (χ2v) is 4.58. The van der Waals surface area contributed by atoms with Gasteiger partial charge in [-0.15, -0.1) is 0 Å². The van der Waals surface area contributed by atoms with Crippen LogP contribution < -0.4 is 0 Å². The van der Waals surface area contributed by atoms with Gasteiger partial charge in [-0.25, -0.2) is 4.79 Å². The van der Waals surface area contributed by atoms with E-state index in [0.717, 1.165) is 25.2 Å². The van der Waals surface area contributed by atoms with Crippen LogP contribution >= 0.6 is 0 Å². The average molecular weight is 196 g/mol. The van der Waals surface area contributed by atoms with Crippen molar-refractivity contribution >= 4 is 5.97 Å². The van der Waals surface area contributed by atoms with Gasteiger partial charge in [-0.1, -0.05) is 20.4 Å². The van der Waals surface area contributed by atoms with Crippen molar-refractivity contribution in [1.29, 1.82) is 0 Å². The summed E-state index contributed by atoms with van der Waals surface area (Å²) in [5.74, 6) is 1.18. The van der Waals surface area contributed by atoms with E-state index >= 15 is 0 Å². The Kier molecular flexibility index (Phi) is 3.73. The lowest BCUT2D eigenvalue weighted by Crippen LogP contribution is -2.28. The van der Waals surface area contributed by atoms with Crippen molar-refractivity contribution in [2.45, 2.75) is 46.1 Å². The van der Waals surface area contributed by atoms with Crippen molar-refractivity contribution < 1.29 is 9.53 Å². The van der Waals surface area contributed by atoms with Gasteiger partial charge in [0, 0.05) is 5.57 Å². The molecular formula is C12H20O2. The lowest BCUT2D eigenvalue weighted by atomic mass is 9.80. The Labute approximate surface area is 86.3 Å². The summed E-state index contributed by atoms with van der Waals surface area (Å²) in [5, 5.41) is 0. The maximum absolute atomic E-state index is 11.3. The Bertz CT molecular complexity index is 232. The molecular weight excluding hydrogens is 176 g/mol. The van der Waals surface area contributed by atoms with Crippen LogP contribution in [0.3, 0.4) is 0 Å². The van der Waals surface area contributed by atoms with Crippen molar-refractivity contribution in [2.24, 2.45) is 11.8 Å². The van der Waals surface area contributed by atoms with Crippen molar-refractivity contribution in [3.8, 4) is 0 Å². The van der Waals surface area contributed by atoms with Crippen LogP contribution in [0.2, 0.25) is 0 Å². The molecule has 1 aliphatic carbocycles. The number of carbonyl (C=O) groups is 1. The van der Waals surface area contributed by atoms with Gasteiger partial charge in [-0.2, -0.15) is 0 Å². The Morgan fingerprint density at radius 3 is 2.43 bits per heavy atom. The van der Waals surface area contributed by atoms with E-state index in [1.807, 2.05) is 0 Å². The third-order valence-electron chi connectivity index (χ3n) is 3.17. The summed E-state index contributed by atoms with van der Waals surface area (Å²) >= 11 is 0. The van der Waals surface area contributed by atoms with Crippen molar-refractivity contribution in [1.82, 2.24) is 0 Å². The average Bonchev–Trinajstić information content (AvgIpc) is 2.11. The minimum atomic E-state index is -0.239. The summed E-state index contributed by atoms with van der Waals surface area (Å²) in [6.45, 7) is 9.76. The fraction of sp³-hybridized carbons (Fsp3) is 0.750. The van der Waals surface area contributed by atoms with Gasteiger partial charge in [0.05, 0.1) is 0 Å². The quantitative estimate of drug-likeness (QED) is 0.501. The molecule has 2 nitrogen and oxygen atoms in total. The Morgan fingerprint density at radius 1 is 1.29 bits per heavy atom. The maximum Gasteiger partial charge on any atom is 0.333 e. The molecule has 3 atom stereocenters. The molecule has 0 bridgehead atoms. The lowest BCUT2D eigenvalue weighted by Gasteiger charge is -2.31. The monoisotopic (exact) mass is 196 g/mol. The molecule has 0 radical (unpaired) electrons. The fourth-order valence-electron chi connectivity index (χ4n) is 1.86. The zero-order valence-electron chi connectivity index (χ0n) is 9.38. The molecule has 0 aromatic heterocycles. The first-order chi connectivity index (χ1) is 6.50. The van der Waals surface area contributed by atoms with E-state index in [4.69, 9.17) is 4.74 Å². The number of esters is 1. The summed E-state index contributed by atoms with van der Waals surface area (Å²) in [6.07, 6.45) is 3.28. The summed E-state index contributed by atoms with van der Waals surface area (Å²) in [4.78, 5) is 11.3. The van der Waals surface area contributed by atoms with E-state index < -0.39 is 0 Å². The van der Waals surface area contributed by atoms with Gasteiger partial charge in [0.15, 0.2) is 0 Å². The normalized spacial score (nSPS) is 32.4. The predicted molar refractivity (Wildman–Crippen MR) is 56.9 cm³/mol. The van der Waals surface area contributed by atoms with Crippen LogP contribution in [-0.2, 0) is 9.53 Å². The van der Waals surface area contributed by atoms with E-state index in [1.165, 1.54) is 0 Å². The number of carbonyl (C=O) groups excluding carboxylic acids is 1. The Morgan fingerprint density at radius 2 is 1.93 bits per heavy atom. The van der Waals surface area contributed by atoms with Gasteiger partial charge >= 0.3 is 5.97 Å². The summed E-state index contributed by atoms with van der Waals surface area (Å²) in [6, 6.07) is 0. The van der Waals surface area contributed by atoms with Crippen LogP contribution in [0.25, 0.3) is 0 Å². The van der Waals surface area contributed by atoms with E-state index in [1.54, 1.807) is 6.92 Å². The highest BCUT2D eigenvalue weighted by Crippen LogP contribution is 2.31. The topological polar surface area (TPSA) is 26.3 Å². The molecule has 0 amide bonds. The molecule has 1 saturated carbocycles.